The highest BCUT2D eigenvalue weighted by Crippen LogP contribution is 2.43. The summed E-state index contributed by atoms with van der Waals surface area (Å²) >= 11 is 0. The predicted octanol–water partition coefficient (Wildman–Crippen LogP) is 14.7. The first-order valence-electron chi connectivity index (χ1n) is 21.2. The van der Waals surface area contributed by atoms with E-state index >= 15 is 0 Å². The Balaban J connectivity index is 1.02. The van der Waals surface area contributed by atoms with E-state index in [1.165, 1.54) is 16.2 Å². The van der Waals surface area contributed by atoms with Crippen LogP contribution in [0.5, 0.6) is 0 Å². The highest BCUT2D eigenvalue weighted by Gasteiger charge is 2.20. The Morgan fingerprint density at radius 1 is 0.270 bits per heavy atom. The molecule has 0 radical (unpaired) electrons. The first-order chi connectivity index (χ1) is 31.2. The van der Waals surface area contributed by atoms with E-state index in [1.54, 1.807) is 0 Å². The normalized spacial score (nSPS) is 11.5. The molecule has 0 aliphatic carbocycles. The van der Waals surface area contributed by atoms with Gasteiger partial charge in [0.2, 0.25) is 0 Å². The van der Waals surface area contributed by atoms with E-state index in [4.69, 9.17) is 19.9 Å². The quantitative estimate of drug-likeness (QED) is 0.151. The highest BCUT2D eigenvalue weighted by molar-refractivity contribution is 6.29. The second kappa shape index (κ2) is 15.2. The Morgan fingerprint density at radius 3 is 1.38 bits per heavy atom. The van der Waals surface area contributed by atoms with Crippen LogP contribution in [0.2, 0.25) is 0 Å². The van der Waals surface area contributed by atoms with Gasteiger partial charge in [-0.25, -0.2) is 19.9 Å². The van der Waals surface area contributed by atoms with Crippen molar-refractivity contribution in [2.24, 2.45) is 0 Å². The maximum Gasteiger partial charge on any atom is 0.164 e. The molecular formula is C58H37N5. The van der Waals surface area contributed by atoms with Crippen molar-refractivity contribution in [1.29, 1.82) is 0 Å². The van der Waals surface area contributed by atoms with Gasteiger partial charge in [-0.1, -0.05) is 176 Å². The van der Waals surface area contributed by atoms with E-state index in [0.29, 0.717) is 17.5 Å². The number of fused-ring (bicyclic) bond motifs is 7. The summed E-state index contributed by atoms with van der Waals surface area (Å²) in [5.41, 5.74) is 13.8. The van der Waals surface area contributed by atoms with Crippen molar-refractivity contribution in [2.75, 3.05) is 0 Å². The van der Waals surface area contributed by atoms with Gasteiger partial charge in [-0.15, -0.1) is 0 Å². The maximum atomic E-state index is 5.27. The van der Waals surface area contributed by atoms with Crippen LogP contribution in [0.25, 0.3) is 117 Å². The molecule has 5 heteroatoms. The van der Waals surface area contributed by atoms with Crippen molar-refractivity contribution in [3.05, 3.63) is 224 Å². The van der Waals surface area contributed by atoms with Crippen LogP contribution in [-0.2, 0) is 0 Å². The zero-order chi connectivity index (χ0) is 41.7. The van der Waals surface area contributed by atoms with E-state index in [2.05, 4.69) is 168 Å². The summed E-state index contributed by atoms with van der Waals surface area (Å²) in [6.07, 6.45) is 0. The van der Waals surface area contributed by atoms with Crippen LogP contribution in [-0.4, -0.2) is 24.5 Å². The van der Waals surface area contributed by atoms with Crippen LogP contribution in [0, 0.1) is 0 Å². The van der Waals surface area contributed by atoms with Crippen LogP contribution in [0.4, 0.5) is 0 Å². The molecule has 12 rings (SSSR count). The summed E-state index contributed by atoms with van der Waals surface area (Å²) in [5, 5.41) is 5.90. The van der Waals surface area contributed by atoms with Crippen molar-refractivity contribution < 1.29 is 0 Å². The largest absolute Gasteiger partial charge is 0.309 e. The van der Waals surface area contributed by atoms with Crippen molar-refractivity contribution in [3.8, 4) is 73.4 Å². The molecule has 294 valence electrons. The number of pyridine rings is 1. The van der Waals surface area contributed by atoms with Crippen LogP contribution in [0.1, 0.15) is 0 Å². The van der Waals surface area contributed by atoms with Crippen LogP contribution < -0.4 is 0 Å². The van der Waals surface area contributed by atoms with E-state index in [9.17, 15) is 0 Å². The highest BCUT2D eigenvalue weighted by atomic mass is 15.0. The average molecular weight is 804 g/mol. The number of hydrogen-bond donors (Lipinski definition) is 0. The number of hydrogen-bond acceptors (Lipinski definition) is 4. The molecule has 0 N–H and O–H groups in total. The Kier molecular flexibility index (Phi) is 8.75. The second-order valence-corrected chi connectivity index (χ2v) is 15.8. The first kappa shape index (κ1) is 36.3. The second-order valence-electron chi connectivity index (χ2n) is 15.8. The molecule has 0 bridgehead atoms. The molecule has 3 heterocycles. The zero-order valence-electron chi connectivity index (χ0n) is 34.1. The minimum Gasteiger partial charge on any atom is -0.309 e. The number of aromatic nitrogens is 5. The Labute approximate surface area is 364 Å². The van der Waals surface area contributed by atoms with E-state index in [0.717, 1.165) is 83.2 Å². The standard InChI is InChI=1S/C58H37N5/c1-5-17-38(18-6-1)55-48-32-34-52-54(53(48)47-29-13-14-30-50(47)59-55)49-37-44(31-33-51(49)63(52)46-27-11-4-12-28-46)42-24-15-23-41(35-42)43-25-16-26-45(36-43)58-61-56(39-19-7-2-8-20-39)60-57(62-58)40-21-9-3-10-22-40/h1-37H. The third-order valence-electron chi connectivity index (χ3n) is 12.0. The van der Waals surface area contributed by atoms with E-state index < -0.39 is 0 Å². The molecule has 63 heavy (non-hydrogen) atoms. The molecule has 0 saturated carbocycles. The van der Waals surface area contributed by atoms with E-state index in [1.807, 2.05) is 60.7 Å². The third kappa shape index (κ3) is 6.42. The van der Waals surface area contributed by atoms with Gasteiger partial charge in [0.1, 0.15) is 0 Å². The molecule has 0 amide bonds. The molecular weight excluding hydrogens is 767 g/mol. The van der Waals surface area contributed by atoms with Gasteiger partial charge < -0.3 is 4.57 Å². The molecule has 9 aromatic carbocycles. The van der Waals surface area contributed by atoms with Crippen molar-refractivity contribution >= 4 is 43.5 Å². The molecule has 0 saturated heterocycles. The van der Waals surface area contributed by atoms with Crippen molar-refractivity contribution in [1.82, 2.24) is 24.5 Å². The van der Waals surface area contributed by atoms with Gasteiger partial charge in [-0.2, -0.15) is 0 Å². The first-order valence-corrected chi connectivity index (χ1v) is 21.2. The summed E-state index contributed by atoms with van der Waals surface area (Å²) in [6, 6.07) is 78.8. The van der Waals surface area contributed by atoms with Gasteiger partial charge in [0.25, 0.3) is 0 Å². The Morgan fingerprint density at radius 2 is 0.746 bits per heavy atom. The SMILES string of the molecule is c1ccc(-c2nc(-c3ccccc3)nc(-c3cccc(-c4cccc(-c5ccc6c(c5)c5c7c(ccc5n6-c5ccccc5)c(-c5ccccc5)nc5ccccc57)c4)c3)n2)cc1. The van der Waals surface area contributed by atoms with Crippen LogP contribution in [0.3, 0.4) is 0 Å². The average Bonchev–Trinajstić information content (AvgIpc) is 3.71. The molecule has 0 spiro atoms. The van der Waals surface area contributed by atoms with Gasteiger partial charge in [0.05, 0.1) is 22.2 Å². The lowest BCUT2D eigenvalue weighted by molar-refractivity contribution is 1.07. The molecule has 0 fully saturated rings. The van der Waals surface area contributed by atoms with Gasteiger partial charge >= 0.3 is 0 Å². The molecule has 12 aromatic rings. The Bertz CT molecular complexity index is 3600. The summed E-state index contributed by atoms with van der Waals surface area (Å²) in [6.45, 7) is 0. The van der Waals surface area contributed by atoms with Crippen molar-refractivity contribution in [2.45, 2.75) is 0 Å². The molecule has 3 aromatic heterocycles. The number of para-hydroxylation sites is 2. The summed E-state index contributed by atoms with van der Waals surface area (Å²) in [5.74, 6) is 1.92. The Hall–Kier alpha value is -8.54. The van der Waals surface area contributed by atoms with E-state index in [-0.39, 0.29) is 0 Å². The molecule has 5 nitrogen and oxygen atoms in total. The predicted molar refractivity (Wildman–Crippen MR) is 260 cm³/mol. The fraction of sp³-hybridized carbons (Fsp3) is 0. The fourth-order valence-electron chi connectivity index (χ4n) is 9.06. The summed E-state index contributed by atoms with van der Waals surface area (Å²) < 4.78 is 2.40. The minimum atomic E-state index is 0.631. The molecule has 0 aliphatic heterocycles. The van der Waals surface area contributed by atoms with Gasteiger partial charge in [-0.3, -0.25) is 0 Å². The lowest BCUT2D eigenvalue weighted by Crippen LogP contribution is -2.00. The topological polar surface area (TPSA) is 56.5 Å². The number of nitrogens with zero attached hydrogens (tertiary/aromatic N) is 5. The third-order valence-corrected chi connectivity index (χ3v) is 12.0. The summed E-state index contributed by atoms with van der Waals surface area (Å²) in [7, 11) is 0. The maximum absolute atomic E-state index is 5.27. The molecule has 0 aliphatic rings. The minimum absolute atomic E-state index is 0.631. The lowest BCUT2D eigenvalue weighted by atomic mass is 9.94. The zero-order valence-corrected chi connectivity index (χ0v) is 34.1. The van der Waals surface area contributed by atoms with Gasteiger partial charge in [0, 0.05) is 54.9 Å². The smallest absolute Gasteiger partial charge is 0.164 e. The molecule has 0 atom stereocenters. The van der Waals surface area contributed by atoms with Gasteiger partial charge in [0.15, 0.2) is 17.5 Å². The van der Waals surface area contributed by atoms with Gasteiger partial charge in [-0.05, 0) is 70.8 Å². The fourth-order valence-corrected chi connectivity index (χ4v) is 9.06. The number of rotatable bonds is 7. The summed E-state index contributed by atoms with van der Waals surface area (Å²) in [4.78, 5) is 20.2. The number of benzene rings is 9. The van der Waals surface area contributed by atoms with Crippen LogP contribution >= 0.6 is 0 Å². The lowest BCUT2D eigenvalue weighted by Gasteiger charge is -2.12. The molecule has 0 unspecified atom stereocenters. The van der Waals surface area contributed by atoms with Crippen LogP contribution in [0.15, 0.2) is 224 Å². The monoisotopic (exact) mass is 803 g/mol. The van der Waals surface area contributed by atoms with Crippen molar-refractivity contribution in [3.63, 3.8) is 0 Å².